The number of rotatable bonds is 4. The summed E-state index contributed by atoms with van der Waals surface area (Å²) in [5.41, 5.74) is 1.32. The van der Waals surface area contributed by atoms with Crippen molar-refractivity contribution in [2.75, 3.05) is 7.05 Å². The molecule has 0 aliphatic carbocycles. The van der Waals surface area contributed by atoms with Crippen molar-refractivity contribution in [3.05, 3.63) is 59.5 Å². The maximum absolute atomic E-state index is 5.72. The van der Waals surface area contributed by atoms with Gasteiger partial charge in [-0.25, -0.2) is 0 Å². The number of hydrogen-bond donors (Lipinski definition) is 1. The highest BCUT2D eigenvalue weighted by Gasteiger charge is 2.21. The van der Waals surface area contributed by atoms with Crippen molar-refractivity contribution in [1.82, 2.24) is 5.32 Å². The van der Waals surface area contributed by atoms with Gasteiger partial charge in [-0.2, -0.15) is 0 Å². The summed E-state index contributed by atoms with van der Waals surface area (Å²) >= 11 is 0. The summed E-state index contributed by atoms with van der Waals surface area (Å²) in [5, 5.41) is 3.34. The van der Waals surface area contributed by atoms with E-state index < -0.39 is 0 Å². The lowest BCUT2D eigenvalue weighted by molar-refractivity contribution is 0.384. The smallest absolute Gasteiger partial charge is 0.121 e. The second-order valence-corrected chi connectivity index (χ2v) is 4.41. The fourth-order valence-corrected chi connectivity index (χ4v) is 2.21. The molecule has 0 fully saturated rings. The third kappa shape index (κ3) is 2.59. The molecule has 2 nitrogen and oxygen atoms in total. The molecule has 2 heteroatoms. The van der Waals surface area contributed by atoms with Crippen LogP contribution >= 0.6 is 0 Å². The first-order valence-corrected chi connectivity index (χ1v) is 6.01. The van der Waals surface area contributed by atoms with Gasteiger partial charge in [-0.1, -0.05) is 37.3 Å². The number of nitrogens with one attached hydrogen (secondary N) is 1. The Balaban J connectivity index is 2.25. The van der Waals surface area contributed by atoms with Crippen LogP contribution in [0.5, 0.6) is 0 Å². The van der Waals surface area contributed by atoms with Crippen molar-refractivity contribution in [1.29, 1.82) is 0 Å². The highest BCUT2D eigenvalue weighted by molar-refractivity contribution is 5.23. The molecule has 0 aliphatic heterocycles. The molecule has 0 bridgehead atoms. The van der Waals surface area contributed by atoms with Crippen LogP contribution in [0.15, 0.2) is 46.9 Å². The van der Waals surface area contributed by atoms with Crippen molar-refractivity contribution < 1.29 is 4.42 Å². The van der Waals surface area contributed by atoms with E-state index in [4.69, 9.17) is 4.42 Å². The molecule has 17 heavy (non-hydrogen) atoms. The van der Waals surface area contributed by atoms with Crippen LogP contribution in [0.2, 0.25) is 0 Å². The molecule has 0 radical (unpaired) electrons. The summed E-state index contributed by atoms with van der Waals surface area (Å²) < 4.78 is 5.72. The van der Waals surface area contributed by atoms with Gasteiger partial charge in [0.05, 0.1) is 6.04 Å². The number of hydrogen-bond acceptors (Lipinski definition) is 2. The Hall–Kier alpha value is -1.54. The SMILES string of the molecule is CNC(c1ccc(C)o1)C(C)c1ccccc1. The summed E-state index contributed by atoms with van der Waals surface area (Å²) in [7, 11) is 1.97. The minimum absolute atomic E-state index is 0.214. The Morgan fingerprint density at radius 3 is 2.29 bits per heavy atom. The Kier molecular flexibility index (Phi) is 3.64. The van der Waals surface area contributed by atoms with Gasteiger partial charge in [0, 0.05) is 5.92 Å². The molecule has 0 saturated heterocycles. The monoisotopic (exact) mass is 229 g/mol. The Bertz CT molecular complexity index is 461. The van der Waals surface area contributed by atoms with Gasteiger partial charge in [0.1, 0.15) is 11.5 Å². The third-order valence-electron chi connectivity index (χ3n) is 3.20. The first-order chi connectivity index (χ1) is 8.22. The van der Waals surface area contributed by atoms with Gasteiger partial charge in [0.25, 0.3) is 0 Å². The fourth-order valence-electron chi connectivity index (χ4n) is 2.21. The summed E-state index contributed by atoms with van der Waals surface area (Å²) in [6.07, 6.45) is 0. The molecule has 2 atom stereocenters. The van der Waals surface area contributed by atoms with Gasteiger partial charge >= 0.3 is 0 Å². The minimum atomic E-state index is 0.214. The van der Waals surface area contributed by atoms with E-state index in [2.05, 4.69) is 42.6 Å². The van der Waals surface area contributed by atoms with Crippen molar-refractivity contribution in [3.63, 3.8) is 0 Å². The second kappa shape index (κ2) is 5.19. The minimum Gasteiger partial charge on any atom is -0.465 e. The van der Waals surface area contributed by atoms with Crippen LogP contribution in [0.25, 0.3) is 0 Å². The van der Waals surface area contributed by atoms with Crippen molar-refractivity contribution in [2.24, 2.45) is 0 Å². The summed E-state index contributed by atoms with van der Waals surface area (Å²) in [4.78, 5) is 0. The Labute approximate surface area is 103 Å². The molecule has 1 aromatic heterocycles. The molecule has 2 rings (SSSR count). The summed E-state index contributed by atoms with van der Waals surface area (Å²) in [5.74, 6) is 2.34. The fraction of sp³-hybridized carbons (Fsp3) is 0.333. The topological polar surface area (TPSA) is 25.2 Å². The largest absolute Gasteiger partial charge is 0.465 e. The Morgan fingerprint density at radius 1 is 1.06 bits per heavy atom. The average molecular weight is 229 g/mol. The molecular weight excluding hydrogens is 210 g/mol. The normalized spacial score (nSPS) is 14.5. The van der Waals surface area contributed by atoms with Crippen molar-refractivity contribution >= 4 is 0 Å². The van der Waals surface area contributed by atoms with Gasteiger partial charge in [-0.3, -0.25) is 0 Å². The van der Waals surface area contributed by atoms with Gasteiger partial charge in [-0.15, -0.1) is 0 Å². The van der Waals surface area contributed by atoms with Crippen LogP contribution in [0, 0.1) is 6.92 Å². The molecule has 0 spiro atoms. The van der Waals surface area contributed by atoms with Crippen LogP contribution < -0.4 is 5.32 Å². The van der Waals surface area contributed by atoms with E-state index in [0.717, 1.165) is 11.5 Å². The van der Waals surface area contributed by atoms with Gasteiger partial charge in [0.2, 0.25) is 0 Å². The second-order valence-electron chi connectivity index (χ2n) is 4.41. The molecule has 1 aromatic carbocycles. The third-order valence-corrected chi connectivity index (χ3v) is 3.20. The quantitative estimate of drug-likeness (QED) is 0.865. The van der Waals surface area contributed by atoms with E-state index >= 15 is 0 Å². The molecule has 2 unspecified atom stereocenters. The van der Waals surface area contributed by atoms with Gasteiger partial charge < -0.3 is 9.73 Å². The van der Waals surface area contributed by atoms with Gasteiger partial charge in [-0.05, 0) is 31.7 Å². The van der Waals surface area contributed by atoms with E-state index in [-0.39, 0.29) is 6.04 Å². The van der Waals surface area contributed by atoms with Crippen molar-refractivity contribution in [3.8, 4) is 0 Å². The molecule has 1 N–H and O–H groups in total. The first kappa shape index (κ1) is 11.9. The first-order valence-electron chi connectivity index (χ1n) is 6.01. The maximum atomic E-state index is 5.72. The van der Waals surface area contributed by atoms with E-state index in [1.807, 2.05) is 26.1 Å². The number of benzene rings is 1. The van der Waals surface area contributed by atoms with Crippen LogP contribution in [0.1, 0.15) is 36.0 Å². The summed E-state index contributed by atoms with van der Waals surface area (Å²) in [6.45, 7) is 4.19. The highest BCUT2D eigenvalue weighted by Crippen LogP contribution is 2.30. The standard InChI is InChI=1S/C15H19NO/c1-11-9-10-14(17-11)15(16-3)12(2)13-7-5-4-6-8-13/h4-10,12,15-16H,1-3H3. The molecular formula is C15H19NO. The van der Waals surface area contributed by atoms with E-state index in [0.29, 0.717) is 5.92 Å². The van der Waals surface area contributed by atoms with Crippen molar-refractivity contribution in [2.45, 2.75) is 25.8 Å². The number of furan rings is 1. The lowest BCUT2D eigenvalue weighted by Crippen LogP contribution is -2.21. The number of likely N-dealkylation sites (N-methyl/N-ethyl adjacent to an activating group) is 1. The lowest BCUT2D eigenvalue weighted by Gasteiger charge is -2.22. The van der Waals surface area contributed by atoms with Crippen LogP contribution in [0.3, 0.4) is 0 Å². The lowest BCUT2D eigenvalue weighted by atomic mass is 9.92. The van der Waals surface area contributed by atoms with Crippen LogP contribution in [-0.2, 0) is 0 Å². The van der Waals surface area contributed by atoms with E-state index in [1.54, 1.807) is 0 Å². The predicted octanol–water partition coefficient (Wildman–Crippen LogP) is 3.65. The zero-order valence-corrected chi connectivity index (χ0v) is 10.6. The Morgan fingerprint density at radius 2 is 1.76 bits per heavy atom. The van der Waals surface area contributed by atoms with E-state index in [9.17, 15) is 0 Å². The summed E-state index contributed by atoms with van der Waals surface area (Å²) in [6, 6.07) is 14.8. The zero-order chi connectivity index (χ0) is 12.3. The molecule has 90 valence electrons. The molecule has 2 aromatic rings. The molecule has 0 amide bonds. The maximum Gasteiger partial charge on any atom is 0.121 e. The zero-order valence-electron chi connectivity index (χ0n) is 10.6. The van der Waals surface area contributed by atoms with E-state index in [1.165, 1.54) is 5.56 Å². The molecule has 1 heterocycles. The molecule has 0 saturated carbocycles. The van der Waals surface area contributed by atoms with Gasteiger partial charge in [0.15, 0.2) is 0 Å². The predicted molar refractivity (Wildman–Crippen MR) is 70.1 cm³/mol. The van der Waals surface area contributed by atoms with Crippen LogP contribution in [0.4, 0.5) is 0 Å². The number of aryl methyl sites for hydroxylation is 1. The average Bonchev–Trinajstić information content (AvgIpc) is 2.78. The highest BCUT2D eigenvalue weighted by atomic mass is 16.3. The molecule has 0 aliphatic rings. The van der Waals surface area contributed by atoms with Crippen LogP contribution in [-0.4, -0.2) is 7.05 Å².